The highest BCUT2D eigenvalue weighted by Crippen LogP contribution is 2.41. The van der Waals surface area contributed by atoms with Gasteiger partial charge < -0.3 is 9.13 Å². The van der Waals surface area contributed by atoms with Gasteiger partial charge in [-0.05, 0) is 96.1 Å². The summed E-state index contributed by atoms with van der Waals surface area (Å²) in [5.41, 5.74) is 14.4. The molecular formula is C64H40N6. The normalized spacial score (nSPS) is 12.0. The lowest BCUT2D eigenvalue weighted by Gasteiger charge is -2.17. The van der Waals surface area contributed by atoms with Crippen molar-refractivity contribution in [2.75, 3.05) is 0 Å². The van der Waals surface area contributed by atoms with Crippen LogP contribution in [0.1, 0.15) is 0 Å². The lowest BCUT2D eigenvalue weighted by atomic mass is 10.0. The molecule has 0 aliphatic carbocycles. The van der Waals surface area contributed by atoms with Crippen molar-refractivity contribution >= 4 is 87.2 Å². The van der Waals surface area contributed by atoms with E-state index in [2.05, 4.69) is 261 Å². The Morgan fingerprint density at radius 2 is 0.586 bits per heavy atom. The quantitative estimate of drug-likeness (QED) is 0.167. The summed E-state index contributed by atoms with van der Waals surface area (Å²) < 4.78 is 9.37. The fraction of sp³-hybridized carbons (Fsp3) is 0. The molecule has 5 aromatic heterocycles. The van der Waals surface area contributed by atoms with Crippen LogP contribution in [-0.4, -0.2) is 28.2 Å². The average molecular weight is 893 g/mol. The first-order chi connectivity index (χ1) is 34.7. The van der Waals surface area contributed by atoms with E-state index in [-0.39, 0.29) is 0 Å². The Hall–Kier alpha value is -9.52. The highest BCUT2D eigenvalue weighted by Gasteiger charge is 2.23. The number of benzene rings is 10. The first-order valence-electron chi connectivity index (χ1n) is 23.8. The number of rotatable bonds is 6. The maximum atomic E-state index is 5.59. The van der Waals surface area contributed by atoms with Gasteiger partial charge in [0.15, 0.2) is 5.82 Å². The summed E-state index contributed by atoms with van der Waals surface area (Å²) in [5, 5.41) is 9.56. The molecule has 0 saturated carbocycles. The third-order valence-electron chi connectivity index (χ3n) is 14.4. The first kappa shape index (κ1) is 38.6. The molecule has 0 atom stereocenters. The predicted molar refractivity (Wildman–Crippen MR) is 290 cm³/mol. The minimum Gasteiger partial charge on any atom is -0.309 e. The van der Waals surface area contributed by atoms with Gasteiger partial charge in [0.05, 0.1) is 49.8 Å². The summed E-state index contributed by atoms with van der Waals surface area (Å²) in [6.45, 7) is 0. The molecule has 0 radical (unpaired) electrons. The Balaban J connectivity index is 0.952. The maximum absolute atomic E-state index is 5.59. The largest absolute Gasteiger partial charge is 0.309 e. The summed E-state index contributed by atoms with van der Waals surface area (Å²) in [6, 6.07) is 87.2. The summed E-state index contributed by atoms with van der Waals surface area (Å²) in [5.74, 6) is 2.23. The van der Waals surface area contributed by atoms with E-state index in [1.54, 1.807) is 0 Å². The molecular weight excluding hydrogens is 853 g/mol. The molecule has 15 aromatic rings. The maximum Gasteiger partial charge on any atom is 0.166 e. The van der Waals surface area contributed by atoms with Crippen molar-refractivity contribution in [2.45, 2.75) is 0 Å². The van der Waals surface area contributed by atoms with E-state index in [1.165, 1.54) is 65.3 Å². The Kier molecular flexibility index (Phi) is 8.26. The van der Waals surface area contributed by atoms with Crippen LogP contribution in [0.5, 0.6) is 0 Å². The van der Waals surface area contributed by atoms with Gasteiger partial charge in [-0.3, -0.25) is 9.13 Å². The summed E-state index contributed by atoms with van der Waals surface area (Å²) in [4.78, 5) is 11.2. The molecule has 0 aliphatic rings. The molecule has 0 fully saturated rings. The number of fused-ring (bicyclic) bond motifs is 12. The van der Waals surface area contributed by atoms with Crippen LogP contribution in [0.15, 0.2) is 243 Å². The number of hydrogen-bond donors (Lipinski definition) is 0. The molecule has 0 N–H and O–H groups in total. The number of nitrogens with zero attached hydrogens (tertiary/aromatic N) is 6. The SMILES string of the molecule is c1ccc(-n2c3ccccc3c3cc(-c4ccc5c(c4)c4ccccc4n5-c4ccccc4-c4nc(-n5c6ccccc6c6ccccc65)cc(-n5c6ccccc6c6ccccc65)n4)ccc32)cc1. The third kappa shape index (κ3) is 5.62. The van der Waals surface area contributed by atoms with Crippen molar-refractivity contribution in [3.8, 4) is 45.5 Å². The minimum absolute atomic E-state index is 0.636. The number of hydrogen-bond acceptors (Lipinski definition) is 2. The van der Waals surface area contributed by atoms with Crippen LogP contribution in [0.25, 0.3) is 133 Å². The van der Waals surface area contributed by atoms with Gasteiger partial charge in [0.25, 0.3) is 0 Å². The van der Waals surface area contributed by atoms with Crippen molar-refractivity contribution in [3.05, 3.63) is 243 Å². The van der Waals surface area contributed by atoms with Crippen molar-refractivity contribution in [3.63, 3.8) is 0 Å². The van der Waals surface area contributed by atoms with Crippen molar-refractivity contribution in [1.29, 1.82) is 0 Å². The van der Waals surface area contributed by atoms with Gasteiger partial charge in [0.2, 0.25) is 0 Å². The second-order valence-corrected chi connectivity index (χ2v) is 18.2. The molecule has 326 valence electrons. The van der Waals surface area contributed by atoms with Gasteiger partial charge in [-0.2, -0.15) is 0 Å². The minimum atomic E-state index is 0.636. The Morgan fingerprint density at radius 1 is 0.243 bits per heavy atom. The van der Waals surface area contributed by atoms with E-state index in [0.29, 0.717) is 5.82 Å². The summed E-state index contributed by atoms with van der Waals surface area (Å²) in [6.07, 6.45) is 0. The van der Waals surface area contributed by atoms with Gasteiger partial charge >= 0.3 is 0 Å². The van der Waals surface area contributed by atoms with Gasteiger partial charge in [-0.15, -0.1) is 0 Å². The second-order valence-electron chi connectivity index (χ2n) is 18.2. The molecule has 0 aliphatic heterocycles. The molecule has 0 unspecified atom stereocenters. The molecule has 15 rings (SSSR count). The van der Waals surface area contributed by atoms with E-state index in [1.807, 2.05) is 0 Å². The fourth-order valence-electron chi connectivity index (χ4n) is 11.4. The van der Waals surface area contributed by atoms with E-state index < -0.39 is 0 Å². The van der Waals surface area contributed by atoms with Crippen molar-refractivity contribution in [1.82, 2.24) is 28.2 Å². The van der Waals surface area contributed by atoms with E-state index in [9.17, 15) is 0 Å². The summed E-state index contributed by atoms with van der Waals surface area (Å²) >= 11 is 0. The molecule has 0 saturated heterocycles. The van der Waals surface area contributed by atoms with Crippen LogP contribution < -0.4 is 0 Å². The standard InChI is InChI=1S/C64H40N6/c1-2-18-43(19-3-1)67-53-27-11-8-24-48(53)51-38-41(34-36-60(51)67)42-35-37-61-52(39-42)49-25-9-12-28-54(49)68(61)59-33-17-10-26-50(59)64-65-62(69-55-29-13-4-20-44(55)45-21-5-14-30-56(45)69)40-63(66-64)70-57-31-15-6-22-46(57)47-23-7-16-32-58(47)70/h1-40H. The van der Waals surface area contributed by atoms with Crippen LogP contribution in [0.3, 0.4) is 0 Å². The molecule has 5 heterocycles. The molecule has 70 heavy (non-hydrogen) atoms. The molecule has 0 bridgehead atoms. The Bertz CT molecular complexity index is 4360. The first-order valence-corrected chi connectivity index (χ1v) is 23.8. The fourth-order valence-corrected chi connectivity index (χ4v) is 11.4. The highest BCUT2D eigenvalue weighted by molar-refractivity contribution is 6.14. The van der Waals surface area contributed by atoms with Crippen LogP contribution in [0.4, 0.5) is 0 Å². The average Bonchev–Trinajstić information content (AvgIpc) is 4.16. The molecule has 10 aromatic carbocycles. The van der Waals surface area contributed by atoms with Crippen molar-refractivity contribution < 1.29 is 0 Å². The monoisotopic (exact) mass is 892 g/mol. The van der Waals surface area contributed by atoms with Crippen LogP contribution in [0.2, 0.25) is 0 Å². The Labute approximate surface area is 401 Å². The van der Waals surface area contributed by atoms with Crippen LogP contribution in [0, 0.1) is 0 Å². The van der Waals surface area contributed by atoms with Gasteiger partial charge in [-0.1, -0.05) is 152 Å². The van der Waals surface area contributed by atoms with E-state index >= 15 is 0 Å². The van der Waals surface area contributed by atoms with Gasteiger partial charge in [0.1, 0.15) is 11.6 Å². The zero-order valence-corrected chi connectivity index (χ0v) is 37.8. The predicted octanol–water partition coefficient (Wildman–Crippen LogP) is 16.2. The van der Waals surface area contributed by atoms with Gasteiger partial charge in [-0.25, -0.2) is 9.97 Å². The van der Waals surface area contributed by atoms with Gasteiger partial charge in [0, 0.05) is 60.4 Å². The topological polar surface area (TPSA) is 45.5 Å². The highest BCUT2D eigenvalue weighted by atomic mass is 15.1. The molecule has 0 spiro atoms. The Morgan fingerprint density at radius 3 is 1.06 bits per heavy atom. The molecule has 0 amide bonds. The molecule has 6 nitrogen and oxygen atoms in total. The number of para-hydroxylation sites is 8. The van der Waals surface area contributed by atoms with Crippen LogP contribution in [-0.2, 0) is 0 Å². The number of aromatic nitrogens is 6. The zero-order chi connectivity index (χ0) is 45.9. The summed E-state index contributed by atoms with van der Waals surface area (Å²) in [7, 11) is 0. The van der Waals surface area contributed by atoms with Crippen LogP contribution >= 0.6 is 0 Å². The van der Waals surface area contributed by atoms with E-state index in [0.717, 1.165) is 61.7 Å². The lowest BCUT2D eigenvalue weighted by molar-refractivity contribution is 0.991. The zero-order valence-electron chi connectivity index (χ0n) is 37.8. The molecule has 6 heteroatoms. The van der Waals surface area contributed by atoms with E-state index in [4.69, 9.17) is 9.97 Å². The smallest absolute Gasteiger partial charge is 0.166 e. The second kappa shape index (κ2) is 15.0. The van der Waals surface area contributed by atoms with Crippen molar-refractivity contribution in [2.24, 2.45) is 0 Å². The lowest BCUT2D eigenvalue weighted by Crippen LogP contribution is -2.07. The third-order valence-corrected chi connectivity index (χ3v) is 14.4.